The zero-order valence-corrected chi connectivity index (χ0v) is 30.2. The second-order valence-electron chi connectivity index (χ2n) is 14.3. The van der Waals surface area contributed by atoms with Crippen molar-refractivity contribution in [3.63, 3.8) is 0 Å². The van der Waals surface area contributed by atoms with Gasteiger partial charge in [0, 0.05) is 44.1 Å². The van der Waals surface area contributed by atoms with Crippen molar-refractivity contribution in [2.75, 3.05) is 33.0 Å². The van der Waals surface area contributed by atoms with E-state index < -0.39 is 12.1 Å². The highest BCUT2D eigenvalue weighted by atomic mass is 19.1. The molecule has 0 bridgehead atoms. The fourth-order valence-electron chi connectivity index (χ4n) is 8.57. The van der Waals surface area contributed by atoms with Gasteiger partial charge in [0.2, 0.25) is 12.1 Å². The minimum atomic E-state index is -1.16. The molecule has 10 heteroatoms. The number of rotatable bonds is 19. The van der Waals surface area contributed by atoms with E-state index in [2.05, 4.69) is 30.6 Å². The summed E-state index contributed by atoms with van der Waals surface area (Å²) in [5, 5.41) is 28.2. The van der Waals surface area contributed by atoms with E-state index in [1.165, 1.54) is 12.1 Å². The zero-order valence-electron chi connectivity index (χ0n) is 30.2. The van der Waals surface area contributed by atoms with E-state index in [1.54, 1.807) is 24.3 Å². The number of oxime groups is 1. The molecule has 0 amide bonds. The first-order chi connectivity index (χ1) is 25.5. The SMILES string of the molecule is C=CCOc1ccc2c(c1)[C@H]1[C@H](CCCCO)[C@@H](CCCCO)C=C3C(=NOC4CCCCO4)C[C@H](NCc4ccc(F)cc4)[C@@](OCC=C)(O2)[C@H]31. The third kappa shape index (κ3) is 8.63. The molecule has 282 valence electrons. The number of hydrogen-bond donors (Lipinski definition) is 3. The van der Waals surface area contributed by atoms with Gasteiger partial charge < -0.3 is 39.3 Å². The maximum absolute atomic E-state index is 13.9. The Balaban J connectivity index is 1.51. The van der Waals surface area contributed by atoms with Crippen LogP contribution in [0.5, 0.6) is 11.5 Å². The highest BCUT2D eigenvalue weighted by molar-refractivity contribution is 6.02. The summed E-state index contributed by atoms with van der Waals surface area (Å²) in [5.74, 6) is 0.00388. The Bertz CT molecular complexity index is 1540. The van der Waals surface area contributed by atoms with Crippen LogP contribution < -0.4 is 14.8 Å². The lowest BCUT2D eigenvalue weighted by Crippen LogP contribution is -2.68. The van der Waals surface area contributed by atoms with Crippen LogP contribution in [0.3, 0.4) is 0 Å². The summed E-state index contributed by atoms with van der Waals surface area (Å²) in [6, 6.07) is 12.1. The van der Waals surface area contributed by atoms with Crippen LogP contribution in [0.2, 0.25) is 0 Å². The van der Waals surface area contributed by atoms with Gasteiger partial charge in [-0.3, -0.25) is 0 Å². The van der Waals surface area contributed by atoms with Gasteiger partial charge in [-0.15, -0.1) is 6.58 Å². The number of benzene rings is 2. The molecule has 2 aliphatic carbocycles. The van der Waals surface area contributed by atoms with E-state index in [1.807, 2.05) is 12.1 Å². The molecule has 2 aromatic rings. The van der Waals surface area contributed by atoms with Gasteiger partial charge in [0.05, 0.1) is 30.9 Å². The fourth-order valence-corrected chi connectivity index (χ4v) is 8.57. The van der Waals surface area contributed by atoms with Crippen molar-refractivity contribution < 1.29 is 38.4 Å². The third-order valence-electron chi connectivity index (χ3n) is 10.9. The van der Waals surface area contributed by atoms with Gasteiger partial charge in [-0.05, 0) is 91.8 Å². The maximum atomic E-state index is 13.9. The van der Waals surface area contributed by atoms with E-state index >= 15 is 0 Å². The van der Waals surface area contributed by atoms with Gasteiger partial charge in [0.25, 0.3) is 0 Å². The molecule has 52 heavy (non-hydrogen) atoms. The Morgan fingerprint density at radius 1 is 0.981 bits per heavy atom. The number of hydrogen-bond acceptors (Lipinski definition) is 9. The van der Waals surface area contributed by atoms with E-state index in [9.17, 15) is 14.6 Å². The average molecular weight is 719 g/mol. The number of ether oxygens (including phenoxy) is 4. The number of aliphatic hydroxyl groups excluding tert-OH is 2. The van der Waals surface area contributed by atoms with Gasteiger partial charge in [-0.1, -0.05) is 54.9 Å². The topological polar surface area (TPSA) is 111 Å². The molecule has 4 aliphatic rings. The highest BCUT2D eigenvalue weighted by Gasteiger charge is 2.63. The molecule has 3 N–H and O–H groups in total. The van der Waals surface area contributed by atoms with Crippen molar-refractivity contribution in [1.82, 2.24) is 5.32 Å². The number of nitrogens with zero attached hydrogens (tertiary/aromatic N) is 1. The van der Waals surface area contributed by atoms with Crippen LogP contribution in [0.4, 0.5) is 4.39 Å². The molecule has 2 heterocycles. The summed E-state index contributed by atoms with van der Waals surface area (Å²) >= 11 is 0. The minimum absolute atomic E-state index is 0.0646. The summed E-state index contributed by atoms with van der Waals surface area (Å²) in [5.41, 5.74) is 3.84. The lowest BCUT2D eigenvalue weighted by molar-refractivity contribution is -0.242. The first kappa shape index (κ1) is 38.2. The Hall–Kier alpha value is -3.54. The predicted molar refractivity (Wildman–Crippen MR) is 199 cm³/mol. The van der Waals surface area contributed by atoms with Crippen LogP contribution in [0.15, 0.2) is 84.6 Å². The molecule has 6 rings (SSSR count). The minimum Gasteiger partial charge on any atom is -0.490 e. The quantitative estimate of drug-likeness (QED) is 0.0787. The van der Waals surface area contributed by atoms with Crippen molar-refractivity contribution in [3.05, 3.63) is 96.4 Å². The van der Waals surface area contributed by atoms with Crippen molar-refractivity contribution in [3.8, 4) is 11.5 Å². The van der Waals surface area contributed by atoms with Gasteiger partial charge in [0.1, 0.15) is 23.9 Å². The summed E-state index contributed by atoms with van der Waals surface area (Å²) < 4.78 is 40.0. The third-order valence-corrected chi connectivity index (χ3v) is 10.9. The molecule has 1 unspecified atom stereocenters. The van der Waals surface area contributed by atoms with Gasteiger partial charge in [-0.25, -0.2) is 4.39 Å². The standard InChI is InChI=1S/C42H55FN2O7/c1-3-22-48-32-18-19-37-35(26-32)40-33(12-6-9-21-47)30(11-5-8-20-46)25-34-36(45-52-39-13-7-10-24-49-39)27-38(42(51-37,41(34)40)50-23-4-2)44-28-29-14-16-31(43)17-15-29/h3-4,14-19,25-26,30,33,38-41,44,46-47H,1-2,5-13,20-24,27-28H2/t30-,33+,38-,39?,40+,41+,42+/m0/s1. The normalized spacial score (nSPS) is 28.6. The summed E-state index contributed by atoms with van der Waals surface area (Å²) in [7, 11) is 0. The Kier molecular flexibility index (Phi) is 13.6. The second kappa shape index (κ2) is 18.5. The largest absolute Gasteiger partial charge is 0.490 e. The van der Waals surface area contributed by atoms with Crippen molar-refractivity contribution in [2.45, 2.75) is 94.8 Å². The Morgan fingerprint density at radius 3 is 2.50 bits per heavy atom. The maximum Gasteiger partial charge on any atom is 0.234 e. The van der Waals surface area contributed by atoms with Crippen LogP contribution in [-0.2, 0) is 20.9 Å². The number of nitrogens with one attached hydrogen (secondary N) is 1. The Morgan fingerprint density at radius 2 is 1.77 bits per heavy atom. The van der Waals surface area contributed by atoms with Crippen LogP contribution in [0.25, 0.3) is 0 Å². The second-order valence-corrected chi connectivity index (χ2v) is 14.3. The fraction of sp³-hybridized carbons (Fsp3) is 0.548. The van der Waals surface area contributed by atoms with Crippen LogP contribution in [0.1, 0.15) is 81.3 Å². The average Bonchev–Trinajstić information content (AvgIpc) is 3.17. The number of halogens is 1. The smallest absolute Gasteiger partial charge is 0.234 e. The molecule has 2 fully saturated rings. The number of aliphatic hydroxyl groups is 2. The predicted octanol–water partition coefficient (Wildman–Crippen LogP) is 7.34. The van der Waals surface area contributed by atoms with Crippen LogP contribution >= 0.6 is 0 Å². The molecule has 0 aromatic heterocycles. The monoisotopic (exact) mass is 718 g/mol. The lowest BCUT2D eigenvalue weighted by Gasteiger charge is -2.58. The molecule has 0 spiro atoms. The van der Waals surface area contributed by atoms with Crippen molar-refractivity contribution in [2.24, 2.45) is 22.9 Å². The molecule has 2 aliphatic heterocycles. The first-order valence-electron chi connectivity index (χ1n) is 19.1. The molecule has 2 aromatic carbocycles. The molecule has 1 saturated heterocycles. The zero-order chi connectivity index (χ0) is 36.3. The molecule has 7 atom stereocenters. The highest BCUT2D eigenvalue weighted by Crippen LogP contribution is 2.61. The Labute approximate surface area is 307 Å². The van der Waals surface area contributed by atoms with Gasteiger partial charge in [-0.2, -0.15) is 0 Å². The summed E-state index contributed by atoms with van der Waals surface area (Å²) in [6.45, 7) is 9.85. The first-order valence-corrected chi connectivity index (χ1v) is 19.1. The number of unbranched alkanes of at least 4 members (excludes halogenated alkanes) is 2. The number of fused-ring (bicyclic) bond motifs is 2. The molecular formula is C42H55FN2O7. The van der Waals surface area contributed by atoms with E-state index in [0.29, 0.717) is 32.6 Å². The van der Waals surface area contributed by atoms with E-state index in [4.69, 9.17) is 28.9 Å². The summed E-state index contributed by atoms with van der Waals surface area (Å²) in [4.78, 5) is 6.17. The lowest BCUT2D eigenvalue weighted by atomic mass is 9.55. The van der Waals surface area contributed by atoms with Crippen molar-refractivity contribution in [1.29, 1.82) is 0 Å². The van der Waals surface area contributed by atoms with Gasteiger partial charge >= 0.3 is 0 Å². The molecular weight excluding hydrogens is 663 g/mol. The molecule has 9 nitrogen and oxygen atoms in total. The molecule has 1 saturated carbocycles. The van der Waals surface area contributed by atoms with E-state index in [0.717, 1.165) is 85.3 Å². The van der Waals surface area contributed by atoms with Crippen LogP contribution in [0, 0.1) is 23.6 Å². The van der Waals surface area contributed by atoms with Crippen molar-refractivity contribution >= 4 is 5.71 Å². The van der Waals surface area contributed by atoms with E-state index in [-0.39, 0.29) is 55.4 Å². The van der Waals surface area contributed by atoms with Crippen LogP contribution in [-0.4, -0.2) is 67.1 Å². The van der Waals surface area contributed by atoms with Gasteiger partial charge in [0.15, 0.2) is 0 Å². The summed E-state index contributed by atoms with van der Waals surface area (Å²) in [6.07, 6.45) is 13.7. The molecule has 0 radical (unpaired) electrons. The number of allylic oxidation sites excluding steroid dienone is 1.